The van der Waals surface area contributed by atoms with Crippen molar-refractivity contribution in [3.05, 3.63) is 59.8 Å². The Morgan fingerprint density at radius 2 is 1.70 bits per heavy atom. The van der Waals surface area contributed by atoms with Crippen molar-refractivity contribution in [2.45, 2.75) is 20.5 Å². The van der Waals surface area contributed by atoms with Crippen molar-refractivity contribution < 1.29 is 23.0 Å². The van der Waals surface area contributed by atoms with Crippen LogP contribution in [-0.4, -0.2) is 30.5 Å². The summed E-state index contributed by atoms with van der Waals surface area (Å²) in [6.45, 7) is 1.26. The maximum Gasteiger partial charge on any atom is 0.387 e. The molecule has 0 bridgehead atoms. The second-order valence-electron chi connectivity index (χ2n) is 6.91. The Morgan fingerprint density at radius 1 is 1.07 bits per heavy atom. The fraction of sp³-hybridized carbons (Fsp3) is 0.273. The molecule has 30 heavy (non-hydrogen) atoms. The second kappa shape index (κ2) is 9.75. The quantitative estimate of drug-likeness (QED) is 0.548. The van der Waals surface area contributed by atoms with E-state index in [4.69, 9.17) is 4.74 Å². The summed E-state index contributed by atoms with van der Waals surface area (Å²) >= 11 is 1.48. The van der Waals surface area contributed by atoms with Crippen LogP contribution in [0.5, 0.6) is 11.5 Å². The third-order valence-electron chi connectivity index (χ3n) is 4.11. The highest BCUT2D eigenvalue weighted by atomic mass is 32.2. The first-order chi connectivity index (χ1) is 14.4. The van der Waals surface area contributed by atoms with Gasteiger partial charge in [0.1, 0.15) is 17.2 Å². The zero-order valence-corrected chi connectivity index (χ0v) is 17.7. The first-order valence-corrected chi connectivity index (χ1v) is 10.3. The zero-order chi connectivity index (χ0) is 21.7. The van der Waals surface area contributed by atoms with Crippen LogP contribution < -0.4 is 14.4 Å². The van der Waals surface area contributed by atoms with Gasteiger partial charge in [-0.3, -0.25) is 9.69 Å². The van der Waals surface area contributed by atoms with Crippen LogP contribution in [0.2, 0.25) is 0 Å². The summed E-state index contributed by atoms with van der Waals surface area (Å²) in [5.74, 6) is 1.66. The lowest BCUT2D eigenvalue weighted by molar-refractivity contribution is -0.113. The fourth-order valence-electron chi connectivity index (χ4n) is 2.70. The Morgan fingerprint density at radius 3 is 2.27 bits per heavy atom. The van der Waals surface area contributed by atoms with E-state index in [0.717, 1.165) is 17.1 Å². The summed E-state index contributed by atoms with van der Waals surface area (Å²) < 4.78 is 34.4. The molecule has 0 atom stereocenters. The van der Waals surface area contributed by atoms with Gasteiger partial charge in [-0.25, -0.2) is 4.99 Å². The predicted molar refractivity (Wildman–Crippen MR) is 116 cm³/mol. The van der Waals surface area contributed by atoms with Crippen LogP contribution in [0.4, 0.5) is 14.5 Å². The lowest BCUT2D eigenvalue weighted by atomic mass is 10.2. The van der Waals surface area contributed by atoms with E-state index in [1.165, 1.54) is 28.8 Å². The molecule has 0 unspecified atom stereocenters. The number of amidine groups is 1. The van der Waals surface area contributed by atoms with E-state index in [-0.39, 0.29) is 11.7 Å². The van der Waals surface area contributed by atoms with Gasteiger partial charge in [-0.05, 0) is 54.0 Å². The summed E-state index contributed by atoms with van der Waals surface area (Å²) in [6, 6.07) is 13.3. The highest BCUT2D eigenvalue weighted by Gasteiger charge is 2.32. The number of methoxy groups -OCH3 is 1. The monoisotopic (exact) mass is 432 g/mol. The number of rotatable bonds is 7. The Kier molecular flexibility index (Phi) is 7.10. The van der Waals surface area contributed by atoms with E-state index >= 15 is 0 Å². The molecule has 0 saturated carbocycles. The third kappa shape index (κ3) is 5.38. The first-order valence-electron chi connectivity index (χ1n) is 9.34. The standard InChI is InChI=1S/C22H22F2N2O3S/c1-14(2)13-30-22-25-19(12-15-4-8-17(28-3)9-5-15)20(27)26(22)16-6-10-18(11-7-16)29-21(23)24/h4-12,14,21H,13H2,1-3H3. The van der Waals surface area contributed by atoms with Gasteiger partial charge in [-0.2, -0.15) is 8.78 Å². The van der Waals surface area contributed by atoms with Gasteiger partial charge < -0.3 is 9.47 Å². The van der Waals surface area contributed by atoms with Crippen molar-refractivity contribution in [3.8, 4) is 11.5 Å². The molecule has 0 aliphatic carbocycles. The number of ether oxygens (including phenoxy) is 2. The van der Waals surface area contributed by atoms with Crippen molar-refractivity contribution in [2.75, 3.05) is 17.8 Å². The Balaban J connectivity index is 1.89. The molecule has 0 spiro atoms. The number of benzene rings is 2. The number of hydrogen-bond donors (Lipinski definition) is 0. The molecule has 1 aliphatic heterocycles. The lowest BCUT2D eigenvalue weighted by Gasteiger charge is -2.18. The van der Waals surface area contributed by atoms with E-state index in [2.05, 4.69) is 23.6 Å². The van der Waals surface area contributed by atoms with Crippen LogP contribution in [0.1, 0.15) is 19.4 Å². The minimum absolute atomic E-state index is 0.0303. The predicted octanol–water partition coefficient (Wildman–Crippen LogP) is 5.43. The number of aliphatic imine (C=N–C) groups is 1. The third-order valence-corrected chi connectivity index (χ3v) is 5.48. The van der Waals surface area contributed by atoms with E-state index < -0.39 is 6.61 Å². The van der Waals surface area contributed by atoms with E-state index in [9.17, 15) is 13.6 Å². The molecular weight excluding hydrogens is 410 g/mol. The first kappa shape index (κ1) is 21.8. The van der Waals surface area contributed by atoms with Gasteiger partial charge in [0, 0.05) is 5.75 Å². The molecule has 0 aromatic heterocycles. The van der Waals surface area contributed by atoms with Crippen LogP contribution in [0.15, 0.2) is 59.2 Å². The number of halogens is 2. The van der Waals surface area contributed by atoms with Crippen LogP contribution in [0, 0.1) is 5.92 Å². The number of carbonyl (C=O) groups is 1. The van der Waals surface area contributed by atoms with Crippen molar-refractivity contribution >= 4 is 34.6 Å². The van der Waals surface area contributed by atoms with Crippen LogP contribution in [-0.2, 0) is 4.79 Å². The molecule has 0 radical (unpaired) electrons. The average Bonchev–Trinajstić information content (AvgIpc) is 3.02. The summed E-state index contributed by atoms with van der Waals surface area (Å²) in [7, 11) is 1.59. The van der Waals surface area contributed by atoms with Crippen LogP contribution in [0.3, 0.4) is 0 Å². The minimum Gasteiger partial charge on any atom is -0.497 e. The van der Waals surface area contributed by atoms with Gasteiger partial charge in [0.05, 0.1) is 12.8 Å². The summed E-state index contributed by atoms with van der Waals surface area (Å²) in [5.41, 5.74) is 1.66. The molecule has 158 valence electrons. The van der Waals surface area contributed by atoms with Gasteiger partial charge in [0.2, 0.25) is 0 Å². The van der Waals surface area contributed by atoms with Crippen LogP contribution in [0.25, 0.3) is 6.08 Å². The Labute approximate surface area is 178 Å². The smallest absolute Gasteiger partial charge is 0.387 e. The number of anilines is 1. The number of thioether (sulfide) groups is 1. The van der Waals surface area contributed by atoms with Crippen molar-refractivity contribution in [2.24, 2.45) is 10.9 Å². The molecule has 3 rings (SSSR count). The molecule has 0 saturated heterocycles. The number of amides is 1. The van der Waals surface area contributed by atoms with Crippen molar-refractivity contribution in [1.82, 2.24) is 0 Å². The minimum atomic E-state index is -2.90. The maximum absolute atomic E-state index is 13.1. The summed E-state index contributed by atoms with van der Waals surface area (Å²) in [4.78, 5) is 19.1. The number of alkyl halides is 2. The fourth-order valence-corrected chi connectivity index (χ4v) is 3.66. The van der Waals surface area contributed by atoms with Gasteiger partial charge >= 0.3 is 6.61 Å². The molecule has 1 heterocycles. The van der Waals surface area contributed by atoms with E-state index in [0.29, 0.717) is 22.5 Å². The molecule has 8 heteroatoms. The topological polar surface area (TPSA) is 51.1 Å². The maximum atomic E-state index is 13.1. The summed E-state index contributed by atoms with van der Waals surface area (Å²) in [6.07, 6.45) is 1.71. The molecule has 2 aromatic rings. The molecule has 0 N–H and O–H groups in total. The van der Waals surface area contributed by atoms with Crippen molar-refractivity contribution in [1.29, 1.82) is 0 Å². The van der Waals surface area contributed by atoms with E-state index in [1.54, 1.807) is 25.3 Å². The van der Waals surface area contributed by atoms with Gasteiger partial charge in [0.15, 0.2) is 5.17 Å². The number of carbonyl (C=O) groups excluding carboxylic acids is 1. The van der Waals surface area contributed by atoms with Crippen LogP contribution >= 0.6 is 11.8 Å². The molecule has 5 nitrogen and oxygen atoms in total. The Bertz CT molecular complexity index is 942. The lowest BCUT2D eigenvalue weighted by Crippen LogP contribution is -2.30. The van der Waals surface area contributed by atoms with Gasteiger partial charge in [0.25, 0.3) is 5.91 Å². The van der Waals surface area contributed by atoms with E-state index in [1.807, 2.05) is 24.3 Å². The SMILES string of the molecule is COc1ccc(C=C2N=C(SCC(C)C)N(c3ccc(OC(F)F)cc3)C2=O)cc1. The number of hydrogen-bond acceptors (Lipinski definition) is 5. The summed E-state index contributed by atoms with van der Waals surface area (Å²) in [5, 5.41) is 0.552. The average molecular weight is 432 g/mol. The van der Waals surface area contributed by atoms with Gasteiger partial charge in [-0.1, -0.05) is 37.7 Å². The highest BCUT2D eigenvalue weighted by Crippen LogP contribution is 2.31. The number of nitrogens with zero attached hydrogens (tertiary/aromatic N) is 2. The normalized spacial score (nSPS) is 15.3. The Hall–Kier alpha value is -2.87. The molecule has 2 aromatic carbocycles. The molecule has 1 amide bonds. The van der Waals surface area contributed by atoms with Gasteiger partial charge in [-0.15, -0.1) is 0 Å². The second-order valence-corrected chi connectivity index (χ2v) is 7.90. The largest absolute Gasteiger partial charge is 0.497 e. The molecular formula is C22H22F2N2O3S. The molecule has 0 fully saturated rings. The highest BCUT2D eigenvalue weighted by molar-refractivity contribution is 8.14. The van der Waals surface area contributed by atoms with Crippen molar-refractivity contribution in [3.63, 3.8) is 0 Å². The zero-order valence-electron chi connectivity index (χ0n) is 16.8. The molecule has 1 aliphatic rings.